The highest BCUT2D eigenvalue weighted by molar-refractivity contribution is 5.39. The maximum Gasteiger partial charge on any atom is 0.319 e. The van der Waals surface area contributed by atoms with Crippen LogP contribution in [-0.4, -0.2) is 26.0 Å². The summed E-state index contributed by atoms with van der Waals surface area (Å²) in [5, 5.41) is 2.57. The second-order valence-corrected chi connectivity index (χ2v) is 4.95. The lowest BCUT2D eigenvalue weighted by atomic mass is 9.87. The van der Waals surface area contributed by atoms with Gasteiger partial charge < -0.3 is 10.1 Å². The molecule has 0 amide bonds. The van der Waals surface area contributed by atoms with Crippen LogP contribution in [0.2, 0.25) is 0 Å². The number of halogens is 4. The summed E-state index contributed by atoms with van der Waals surface area (Å²) in [6.45, 7) is -1.01. The maximum atomic E-state index is 13.0. The van der Waals surface area contributed by atoms with Gasteiger partial charge in [0.15, 0.2) is 0 Å². The molecule has 0 aromatic heterocycles. The molecule has 0 aliphatic heterocycles. The van der Waals surface area contributed by atoms with E-state index in [-0.39, 0.29) is 6.04 Å². The van der Waals surface area contributed by atoms with E-state index in [1.807, 2.05) is 12.1 Å². The highest BCUT2D eigenvalue weighted by Crippen LogP contribution is 2.33. The number of methoxy groups -OCH3 is 1. The number of benzene rings is 1. The molecule has 1 aromatic carbocycles. The first-order valence-corrected chi connectivity index (χ1v) is 6.50. The number of fused-ring (bicyclic) bond motifs is 1. The number of nitrogens with one attached hydrogen (secondary N) is 1. The Labute approximate surface area is 115 Å². The molecule has 0 fully saturated rings. The van der Waals surface area contributed by atoms with Crippen LogP contribution in [0, 0.1) is 0 Å². The first-order chi connectivity index (χ1) is 9.44. The zero-order valence-electron chi connectivity index (χ0n) is 11.1. The van der Waals surface area contributed by atoms with Crippen molar-refractivity contribution in [2.75, 3.05) is 13.7 Å². The molecule has 6 heteroatoms. The van der Waals surface area contributed by atoms with Crippen LogP contribution in [0.1, 0.15) is 30.0 Å². The van der Waals surface area contributed by atoms with Gasteiger partial charge in [-0.2, -0.15) is 8.78 Å². The fraction of sp³-hybridized carbons (Fsp3) is 0.571. The molecule has 112 valence electrons. The van der Waals surface area contributed by atoms with Crippen LogP contribution in [0.4, 0.5) is 17.6 Å². The standard InChI is InChI=1S/C14H17F4NO/c1-20-10-5-6-11-9(7-10)3-2-4-12(11)19-8-14(17,18)13(15)16/h5-7,12-13,19H,2-4,8H2,1H3. The number of alkyl halides is 4. The zero-order valence-corrected chi connectivity index (χ0v) is 11.1. The molecule has 20 heavy (non-hydrogen) atoms. The van der Waals surface area contributed by atoms with Crippen LogP contribution < -0.4 is 10.1 Å². The van der Waals surface area contributed by atoms with Crippen LogP contribution >= 0.6 is 0 Å². The van der Waals surface area contributed by atoms with Gasteiger partial charge in [0.2, 0.25) is 0 Å². The summed E-state index contributed by atoms with van der Waals surface area (Å²) in [5.74, 6) is -3.29. The van der Waals surface area contributed by atoms with E-state index in [1.54, 1.807) is 13.2 Å². The van der Waals surface area contributed by atoms with Crippen molar-refractivity contribution < 1.29 is 22.3 Å². The molecule has 0 spiro atoms. The van der Waals surface area contributed by atoms with Gasteiger partial charge in [0, 0.05) is 6.04 Å². The van der Waals surface area contributed by atoms with Crippen molar-refractivity contribution in [2.24, 2.45) is 0 Å². The van der Waals surface area contributed by atoms with Gasteiger partial charge in [-0.3, -0.25) is 0 Å². The van der Waals surface area contributed by atoms with Crippen molar-refractivity contribution in [3.05, 3.63) is 29.3 Å². The number of hydrogen-bond acceptors (Lipinski definition) is 2. The summed E-state index contributed by atoms with van der Waals surface area (Å²) in [7, 11) is 1.56. The molecule has 1 N–H and O–H groups in total. The van der Waals surface area contributed by atoms with Crippen molar-refractivity contribution in [3.8, 4) is 5.75 Å². The zero-order chi connectivity index (χ0) is 14.8. The van der Waals surface area contributed by atoms with Gasteiger partial charge in [-0.15, -0.1) is 0 Å². The van der Waals surface area contributed by atoms with E-state index in [4.69, 9.17) is 4.74 Å². The third-order valence-electron chi connectivity index (χ3n) is 3.57. The Hall–Kier alpha value is -1.30. The van der Waals surface area contributed by atoms with Crippen LogP contribution in [0.25, 0.3) is 0 Å². The Bertz CT molecular complexity index is 464. The molecule has 0 radical (unpaired) electrons. The Morgan fingerprint density at radius 1 is 1.40 bits per heavy atom. The topological polar surface area (TPSA) is 21.3 Å². The second kappa shape index (κ2) is 5.99. The SMILES string of the molecule is COc1ccc2c(c1)CCCC2NCC(F)(F)C(F)F. The van der Waals surface area contributed by atoms with E-state index in [9.17, 15) is 17.6 Å². The third kappa shape index (κ3) is 3.23. The van der Waals surface area contributed by atoms with Gasteiger partial charge in [0.05, 0.1) is 13.7 Å². The largest absolute Gasteiger partial charge is 0.497 e. The Morgan fingerprint density at radius 2 is 2.15 bits per heavy atom. The molecule has 2 nitrogen and oxygen atoms in total. The highest BCUT2D eigenvalue weighted by Gasteiger charge is 2.41. The minimum absolute atomic E-state index is 0.311. The van der Waals surface area contributed by atoms with Gasteiger partial charge in [-0.25, -0.2) is 8.78 Å². The van der Waals surface area contributed by atoms with Crippen LogP contribution in [0.5, 0.6) is 5.75 Å². The maximum absolute atomic E-state index is 13.0. The lowest BCUT2D eigenvalue weighted by Crippen LogP contribution is -2.41. The molecule has 0 saturated heterocycles. The van der Waals surface area contributed by atoms with Crippen LogP contribution in [-0.2, 0) is 6.42 Å². The molecule has 1 aliphatic rings. The van der Waals surface area contributed by atoms with Crippen molar-refractivity contribution >= 4 is 0 Å². The summed E-state index contributed by atoms with van der Waals surface area (Å²) in [6, 6.07) is 5.12. The number of rotatable bonds is 5. The minimum Gasteiger partial charge on any atom is -0.497 e. The summed E-state index contributed by atoms with van der Waals surface area (Å²) >= 11 is 0. The quantitative estimate of drug-likeness (QED) is 0.838. The van der Waals surface area contributed by atoms with E-state index in [2.05, 4.69) is 5.32 Å². The highest BCUT2D eigenvalue weighted by atomic mass is 19.3. The molecule has 0 bridgehead atoms. The lowest BCUT2D eigenvalue weighted by molar-refractivity contribution is -0.126. The van der Waals surface area contributed by atoms with E-state index in [1.165, 1.54) is 0 Å². The van der Waals surface area contributed by atoms with Gasteiger partial charge in [0.1, 0.15) is 5.75 Å². The van der Waals surface area contributed by atoms with E-state index in [0.717, 1.165) is 24.0 Å². The molecular formula is C14H17F4NO. The van der Waals surface area contributed by atoms with Crippen LogP contribution in [0.3, 0.4) is 0 Å². The molecular weight excluding hydrogens is 274 g/mol. The normalized spacial score (nSPS) is 19.0. The molecule has 1 unspecified atom stereocenters. The van der Waals surface area contributed by atoms with Gasteiger partial charge >= 0.3 is 12.3 Å². The Kier molecular flexibility index (Phi) is 4.52. The van der Waals surface area contributed by atoms with Gasteiger partial charge in [-0.05, 0) is 42.5 Å². The summed E-state index contributed by atoms with van der Waals surface area (Å²) in [6.07, 6.45) is -1.30. The van der Waals surface area contributed by atoms with E-state index in [0.29, 0.717) is 12.2 Å². The van der Waals surface area contributed by atoms with Gasteiger partial charge in [-0.1, -0.05) is 6.07 Å². The third-order valence-corrected chi connectivity index (χ3v) is 3.57. The molecule has 1 atom stereocenters. The first kappa shape index (κ1) is 15.1. The lowest BCUT2D eigenvalue weighted by Gasteiger charge is -2.28. The van der Waals surface area contributed by atoms with E-state index < -0.39 is 18.9 Å². The molecule has 0 saturated carbocycles. The van der Waals surface area contributed by atoms with E-state index >= 15 is 0 Å². The Balaban J connectivity index is 2.09. The number of hydrogen-bond donors (Lipinski definition) is 1. The average molecular weight is 291 g/mol. The van der Waals surface area contributed by atoms with Crippen molar-refractivity contribution in [1.29, 1.82) is 0 Å². The predicted molar refractivity (Wildman–Crippen MR) is 67.6 cm³/mol. The molecule has 0 heterocycles. The second-order valence-electron chi connectivity index (χ2n) is 4.95. The fourth-order valence-corrected chi connectivity index (χ4v) is 2.47. The predicted octanol–water partition coefficient (Wildman–Crippen LogP) is 3.56. The van der Waals surface area contributed by atoms with Crippen molar-refractivity contribution in [2.45, 2.75) is 37.7 Å². The molecule has 1 aliphatic carbocycles. The average Bonchev–Trinajstić information content (AvgIpc) is 2.44. The van der Waals surface area contributed by atoms with Crippen molar-refractivity contribution in [1.82, 2.24) is 5.32 Å². The fourth-order valence-electron chi connectivity index (χ4n) is 2.47. The van der Waals surface area contributed by atoms with Crippen LogP contribution in [0.15, 0.2) is 18.2 Å². The molecule has 1 aromatic rings. The summed E-state index contributed by atoms with van der Waals surface area (Å²) < 4.78 is 55.4. The molecule has 2 rings (SSSR count). The Morgan fingerprint density at radius 3 is 2.80 bits per heavy atom. The van der Waals surface area contributed by atoms with Gasteiger partial charge in [0.25, 0.3) is 0 Å². The monoisotopic (exact) mass is 291 g/mol. The van der Waals surface area contributed by atoms with Crippen molar-refractivity contribution in [3.63, 3.8) is 0 Å². The summed E-state index contributed by atoms with van der Waals surface area (Å²) in [4.78, 5) is 0. The smallest absolute Gasteiger partial charge is 0.319 e. The summed E-state index contributed by atoms with van der Waals surface area (Å²) in [5.41, 5.74) is 1.91. The number of aryl methyl sites for hydroxylation is 1. The first-order valence-electron chi connectivity index (χ1n) is 6.50. The number of ether oxygens (including phenoxy) is 1. The minimum atomic E-state index is -4.00.